The Balaban J connectivity index is 1.41. The third-order valence-corrected chi connectivity index (χ3v) is 7.58. The molecule has 0 radical (unpaired) electrons. The Morgan fingerprint density at radius 3 is 2.70 bits per heavy atom. The molecule has 0 aliphatic carbocycles. The number of carbonyl (C=O) groups is 2. The lowest BCUT2D eigenvalue weighted by molar-refractivity contribution is -0.123. The molecule has 1 aromatic heterocycles. The van der Waals surface area contributed by atoms with Gasteiger partial charge in [-0.2, -0.15) is 4.31 Å². The van der Waals surface area contributed by atoms with Gasteiger partial charge in [-0.25, -0.2) is 8.42 Å². The third kappa shape index (κ3) is 4.29. The second-order valence-corrected chi connectivity index (χ2v) is 9.86. The van der Waals surface area contributed by atoms with Crippen LogP contribution in [-0.4, -0.2) is 49.0 Å². The second-order valence-electron chi connectivity index (χ2n) is 7.92. The minimum absolute atomic E-state index is 0.0265. The first-order valence-corrected chi connectivity index (χ1v) is 11.5. The molecule has 0 saturated carbocycles. The van der Waals surface area contributed by atoms with E-state index in [2.05, 4.69) is 4.98 Å². The Morgan fingerprint density at radius 2 is 1.97 bits per heavy atom. The number of rotatable bonds is 5. The average Bonchev–Trinajstić information content (AvgIpc) is 2.73. The molecular weight excluding hydrogens is 404 g/mol. The molecule has 1 saturated heterocycles. The van der Waals surface area contributed by atoms with Gasteiger partial charge in [0.2, 0.25) is 10.0 Å². The highest BCUT2D eigenvalue weighted by Crippen LogP contribution is 2.30. The SMILES string of the molecule is Cc1ccnc(CC(=O)C2CCN(S(=O)(=O)c3ccc4c(c3)CC(=O)CO4)CC2)c1. The number of benzene rings is 1. The highest BCUT2D eigenvalue weighted by Gasteiger charge is 2.33. The van der Waals surface area contributed by atoms with Gasteiger partial charge >= 0.3 is 0 Å². The number of hydrogen-bond acceptors (Lipinski definition) is 6. The first-order valence-electron chi connectivity index (χ1n) is 10.0. The lowest BCUT2D eigenvalue weighted by atomic mass is 9.91. The molecule has 8 heteroatoms. The molecule has 3 heterocycles. The summed E-state index contributed by atoms with van der Waals surface area (Å²) in [7, 11) is -3.68. The van der Waals surface area contributed by atoms with Crippen molar-refractivity contribution in [2.24, 2.45) is 5.92 Å². The van der Waals surface area contributed by atoms with E-state index in [1.165, 1.54) is 16.4 Å². The summed E-state index contributed by atoms with van der Waals surface area (Å²) in [6, 6.07) is 8.45. The molecule has 0 spiro atoms. The van der Waals surface area contributed by atoms with Crippen LogP contribution in [0.4, 0.5) is 0 Å². The zero-order valence-corrected chi connectivity index (χ0v) is 17.7. The normalized spacial score (nSPS) is 18.0. The van der Waals surface area contributed by atoms with Gasteiger partial charge < -0.3 is 4.74 Å². The van der Waals surface area contributed by atoms with Crippen molar-refractivity contribution < 1.29 is 22.7 Å². The van der Waals surface area contributed by atoms with Crippen LogP contribution >= 0.6 is 0 Å². The summed E-state index contributed by atoms with van der Waals surface area (Å²) in [4.78, 5) is 28.7. The summed E-state index contributed by atoms with van der Waals surface area (Å²) >= 11 is 0. The number of piperidine rings is 1. The summed E-state index contributed by atoms with van der Waals surface area (Å²) in [5.41, 5.74) is 2.41. The van der Waals surface area contributed by atoms with Crippen LogP contribution in [0.1, 0.15) is 29.7 Å². The largest absolute Gasteiger partial charge is 0.486 e. The molecule has 1 fully saturated rings. The fraction of sp³-hybridized carbons (Fsp3) is 0.409. The summed E-state index contributed by atoms with van der Waals surface area (Å²) in [6.07, 6.45) is 3.15. The van der Waals surface area contributed by atoms with Gasteiger partial charge in [-0.1, -0.05) is 0 Å². The van der Waals surface area contributed by atoms with Gasteiger partial charge in [-0.3, -0.25) is 14.6 Å². The van der Waals surface area contributed by atoms with Crippen LogP contribution < -0.4 is 4.74 Å². The van der Waals surface area contributed by atoms with Crippen LogP contribution in [0.3, 0.4) is 0 Å². The number of aromatic nitrogens is 1. The van der Waals surface area contributed by atoms with E-state index < -0.39 is 10.0 Å². The smallest absolute Gasteiger partial charge is 0.243 e. The second kappa shape index (κ2) is 8.28. The molecule has 158 valence electrons. The maximum absolute atomic E-state index is 13.1. The van der Waals surface area contributed by atoms with Crippen molar-refractivity contribution in [1.29, 1.82) is 0 Å². The van der Waals surface area contributed by atoms with Crippen LogP contribution in [-0.2, 0) is 32.5 Å². The zero-order valence-electron chi connectivity index (χ0n) is 16.8. The molecule has 1 aromatic carbocycles. The van der Waals surface area contributed by atoms with E-state index in [0.717, 1.165) is 11.3 Å². The van der Waals surface area contributed by atoms with E-state index in [1.807, 2.05) is 19.1 Å². The van der Waals surface area contributed by atoms with Crippen molar-refractivity contribution in [1.82, 2.24) is 9.29 Å². The predicted molar refractivity (Wildman–Crippen MR) is 110 cm³/mol. The van der Waals surface area contributed by atoms with Gasteiger partial charge in [0, 0.05) is 49.3 Å². The lowest BCUT2D eigenvalue weighted by Crippen LogP contribution is -2.40. The van der Waals surface area contributed by atoms with Crippen LogP contribution in [0.25, 0.3) is 0 Å². The van der Waals surface area contributed by atoms with Crippen LogP contribution in [0.15, 0.2) is 41.4 Å². The average molecular weight is 429 g/mol. The lowest BCUT2D eigenvalue weighted by Gasteiger charge is -2.30. The van der Waals surface area contributed by atoms with Gasteiger partial charge in [-0.15, -0.1) is 0 Å². The summed E-state index contributed by atoms with van der Waals surface area (Å²) in [5, 5.41) is 0. The highest BCUT2D eigenvalue weighted by atomic mass is 32.2. The number of Topliss-reactive ketones (excluding diaryl/α,β-unsaturated/α-hetero) is 2. The van der Waals surface area contributed by atoms with Gasteiger partial charge in [0.15, 0.2) is 5.78 Å². The van der Waals surface area contributed by atoms with E-state index >= 15 is 0 Å². The Labute approximate surface area is 176 Å². The molecule has 4 rings (SSSR count). The molecule has 30 heavy (non-hydrogen) atoms. The molecule has 2 aliphatic heterocycles. The molecular formula is C22H24N2O5S. The van der Waals surface area contributed by atoms with E-state index in [4.69, 9.17) is 4.74 Å². The van der Waals surface area contributed by atoms with Crippen molar-refractivity contribution in [3.05, 3.63) is 53.3 Å². The maximum atomic E-state index is 13.1. The Kier molecular flexibility index (Phi) is 5.71. The van der Waals surface area contributed by atoms with E-state index in [1.54, 1.807) is 12.3 Å². The van der Waals surface area contributed by atoms with Gasteiger partial charge in [0.25, 0.3) is 0 Å². The third-order valence-electron chi connectivity index (χ3n) is 5.68. The number of ketones is 2. The monoisotopic (exact) mass is 428 g/mol. The van der Waals surface area contributed by atoms with Crippen molar-refractivity contribution in [2.75, 3.05) is 19.7 Å². The Hall–Kier alpha value is -2.58. The number of aryl methyl sites for hydroxylation is 1. The zero-order chi connectivity index (χ0) is 21.3. The minimum atomic E-state index is -3.68. The van der Waals surface area contributed by atoms with Gasteiger partial charge in [0.05, 0.1) is 4.90 Å². The standard InChI is InChI=1S/C22H24N2O5S/c1-15-4-7-23-18(10-15)13-21(26)16-5-8-24(9-6-16)30(27,28)20-2-3-22-17(12-20)11-19(25)14-29-22/h2-4,7,10,12,16H,5-6,8-9,11,13-14H2,1H3. The van der Waals surface area contributed by atoms with E-state index in [-0.39, 0.29) is 41.8 Å². The number of fused-ring (bicyclic) bond motifs is 1. The summed E-state index contributed by atoms with van der Waals surface area (Å²) in [5.74, 6) is 0.435. The quantitative estimate of drug-likeness (QED) is 0.724. The van der Waals surface area contributed by atoms with Crippen LogP contribution in [0, 0.1) is 12.8 Å². The minimum Gasteiger partial charge on any atom is -0.486 e. The molecule has 0 atom stereocenters. The molecule has 0 bridgehead atoms. The van der Waals surface area contributed by atoms with Crippen molar-refractivity contribution in [3.8, 4) is 5.75 Å². The number of hydrogen-bond donors (Lipinski definition) is 0. The number of carbonyl (C=O) groups excluding carboxylic acids is 2. The highest BCUT2D eigenvalue weighted by molar-refractivity contribution is 7.89. The first-order chi connectivity index (χ1) is 14.3. The van der Waals surface area contributed by atoms with Crippen LogP contribution in [0.2, 0.25) is 0 Å². The number of sulfonamides is 1. The predicted octanol–water partition coefficient (Wildman–Crippen LogP) is 2.11. The van der Waals surface area contributed by atoms with Gasteiger partial charge in [0.1, 0.15) is 18.1 Å². The van der Waals surface area contributed by atoms with Crippen molar-refractivity contribution in [2.45, 2.75) is 37.5 Å². The maximum Gasteiger partial charge on any atom is 0.243 e. The molecule has 7 nitrogen and oxygen atoms in total. The summed E-state index contributed by atoms with van der Waals surface area (Å²) < 4.78 is 32.9. The molecule has 0 unspecified atom stereocenters. The van der Waals surface area contributed by atoms with E-state index in [9.17, 15) is 18.0 Å². The Morgan fingerprint density at radius 1 is 1.20 bits per heavy atom. The van der Waals surface area contributed by atoms with Crippen molar-refractivity contribution in [3.63, 3.8) is 0 Å². The molecule has 2 aliphatic rings. The molecule has 2 aromatic rings. The molecule has 0 N–H and O–H groups in total. The fourth-order valence-electron chi connectivity index (χ4n) is 4.00. The fourth-order valence-corrected chi connectivity index (χ4v) is 5.52. The number of nitrogens with zero attached hydrogens (tertiary/aromatic N) is 2. The Bertz CT molecular complexity index is 1090. The topological polar surface area (TPSA) is 93.6 Å². The number of pyridine rings is 1. The number of ether oxygens (including phenoxy) is 1. The molecule has 0 amide bonds. The summed E-state index contributed by atoms with van der Waals surface area (Å²) in [6.45, 7) is 2.58. The first kappa shape index (κ1) is 20.7. The van der Waals surface area contributed by atoms with E-state index in [0.29, 0.717) is 37.2 Å². The van der Waals surface area contributed by atoms with Gasteiger partial charge in [-0.05, 0) is 55.7 Å². The van der Waals surface area contributed by atoms with Crippen molar-refractivity contribution >= 4 is 21.6 Å². The van der Waals surface area contributed by atoms with Crippen LogP contribution in [0.5, 0.6) is 5.75 Å².